The minimum Gasteiger partial charge on any atom is -0.458 e. The van der Waals surface area contributed by atoms with Crippen molar-refractivity contribution in [1.82, 2.24) is 5.32 Å². The SMILES string of the molecule is C[C@@H](N/C=C/C(=O)C(F)(F)F)C(=O)OC(C)(C)C. The molecule has 0 bridgehead atoms. The first-order valence-electron chi connectivity index (χ1n) is 5.20. The van der Waals surface area contributed by atoms with Crippen LogP contribution < -0.4 is 5.32 Å². The zero-order chi connectivity index (χ0) is 14.6. The van der Waals surface area contributed by atoms with Gasteiger partial charge in [0, 0.05) is 12.3 Å². The quantitative estimate of drug-likeness (QED) is 0.625. The van der Waals surface area contributed by atoms with Crippen LogP contribution in [0.5, 0.6) is 0 Å². The van der Waals surface area contributed by atoms with Gasteiger partial charge in [-0.15, -0.1) is 0 Å². The number of nitrogens with one attached hydrogen (secondary N) is 1. The van der Waals surface area contributed by atoms with Crippen molar-refractivity contribution in [2.24, 2.45) is 0 Å². The van der Waals surface area contributed by atoms with Gasteiger partial charge < -0.3 is 10.1 Å². The first-order valence-corrected chi connectivity index (χ1v) is 5.20. The topological polar surface area (TPSA) is 55.4 Å². The molecule has 18 heavy (non-hydrogen) atoms. The Morgan fingerprint density at radius 2 is 1.72 bits per heavy atom. The molecule has 0 radical (unpaired) electrons. The van der Waals surface area contributed by atoms with Crippen LogP contribution in [0.25, 0.3) is 0 Å². The molecule has 0 spiro atoms. The summed E-state index contributed by atoms with van der Waals surface area (Å²) in [5, 5.41) is 2.33. The molecule has 0 heterocycles. The maximum Gasteiger partial charge on any atom is 0.454 e. The van der Waals surface area contributed by atoms with Crippen LogP contribution in [0.4, 0.5) is 13.2 Å². The Bertz CT molecular complexity index is 342. The molecule has 104 valence electrons. The maximum atomic E-state index is 11.8. The summed E-state index contributed by atoms with van der Waals surface area (Å²) in [6.45, 7) is 6.42. The average molecular weight is 267 g/mol. The van der Waals surface area contributed by atoms with Crippen LogP contribution >= 0.6 is 0 Å². The Hall–Kier alpha value is -1.53. The van der Waals surface area contributed by atoms with E-state index in [2.05, 4.69) is 5.32 Å². The summed E-state index contributed by atoms with van der Waals surface area (Å²) in [5.74, 6) is -2.61. The number of halogens is 3. The molecule has 0 unspecified atom stereocenters. The van der Waals surface area contributed by atoms with Gasteiger partial charge in [0.1, 0.15) is 11.6 Å². The minimum absolute atomic E-state index is 0.320. The van der Waals surface area contributed by atoms with E-state index in [0.29, 0.717) is 6.08 Å². The Balaban J connectivity index is 4.27. The summed E-state index contributed by atoms with van der Waals surface area (Å²) >= 11 is 0. The number of hydrogen-bond acceptors (Lipinski definition) is 4. The van der Waals surface area contributed by atoms with Crippen LogP contribution in [0.15, 0.2) is 12.3 Å². The molecule has 0 aromatic rings. The first kappa shape index (κ1) is 16.5. The highest BCUT2D eigenvalue weighted by atomic mass is 19.4. The average Bonchev–Trinajstić information content (AvgIpc) is 2.12. The fraction of sp³-hybridized carbons (Fsp3) is 0.636. The van der Waals surface area contributed by atoms with Crippen LogP contribution in [-0.2, 0) is 14.3 Å². The van der Waals surface area contributed by atoms with E-state index in [-0.39, 0.29) is 0 Å². The fourth-order valence-electron chi connectivity index (χ4n) is 0.821. The Morgan fingerprint density at radius 1 is 1.22 bits per heavy atom. The lowest BCUT2D eigenvalue weighted by molar-refractivity contribution is -0.165. The summed E-state index contributed by atoms with van der Waals surface area (Å²) in [7, 11) is 0. The largest absolute Gasteiger partial charge is 0.458 e. The zero-order valence-corrected chi connectivity index (χ0v) is 10.6. The van der Waals surface area contributed by atoms with Crippen LogP contribution in [0, 0.1) is 0 Å². The summed E-state index contributed by atoms with van der Waals surface area (Å²) in [4.78, 5) is 21.9. The zero-order valence-electron chi connectivity index (χ0n) is 10.6. The van der Waals surface area contributed by atoms with Crippen molar-refractivity contribution in [3.63, 3.8) is 0 Å². The highest BCUT2D eigenvalue weighted by molar-refractivity contribution is 5.94. The third kappa shape index (κ3) is 6.93. The molecule has 0 aromatic carbocycles. The van der Waals surface area contributed by atoms with E-state index >= 15 is 0 Å². The standard InChI is InChI=1S/C11H16F3NO3/c1-7(9(17)18-10(2,3)4)15-6-5-8(16)11(12,13)14/h5-7,15H,1-4H3/b6-5+/t7-/m1/s1. The number of rotatable bonds is 4. The molecule has 1 atom stereocenters. The third-order valence-corrected chi connectivity index (χ3v) is 1.62. The second-order valence-electron chi connectivity index (χ2n) is 4.62. The number of ether oxygens (including phenoxy) is 1. The molecular formula is C11H16F3NO3. The van der Waals surface area contributed by atoms with E-state index < -0.39 is 29.6 Å². The Kier molecular flexibility index (Phi) is 5.38. The molecule has 0 aliphatic carbocycles. The van der Waals surface area contributed by atoms with Gasteiger partial charge in [0.15, 0.2) is 0 Å². The molecule has 0 fully saturated rings. The molecule has 0 rings (SSSR count). The lowest BCUT2D eigenvalue weighted by atomic mass is 10.2. The van der Waals surface area contributed by atoms with Crippen LogP contribution in [0.2, 0.25) is 0 Å². The van der Waals surface area contributed by atoms with E-state index in [1.807, 2.05) is 0 Å². The van der Waals surface area contributed by atoms with Crippen LogP contribution in [0.1, 0.15) is 27.7 Å². The molecule has 0 amide bonds. The smallest absolute Gasteiger partial charge is 0.454 e. The van der Waals surface area contributed by atoms with Gasteiger partial charge in [-0.2, -0.15) is 13.2 Å². The van der Waals surface area contributed by atoms with E-state index in [0.717, 1.165) is 6.20 Å². The molecule has 0 aromatic heterocycles. The molecule has 0 saturated carbocycles. The van der Waals surface area contributed by atoms with Gasteiger partial charge in [-0.05, 0) is 27.7 Å². The highest BCUT2D eigenvalue weighted by Crippen LogP contribution is 2.16. The second kappa shape index (κ2) is 5.88. The molecule has 4 nitrogen and oxygen atoms in total. The highest BCUT2D eigenvalue weighted by Gasteiger charge is 2.36. The van der Waals surface area contributed by atoms with Gasteiger partial charge >= 0.3 is 12.1 Å². The predicted molar refractivity (Wildman–Crippen MR) is 58.6 cm³/mol. The normalized spacial score (nSPS) is 14.4. The number of hydrogen-bond donors (Lipinski definition) is 1. The minimum atomic E-state index is -4.91. The molecule has 0 saturated heterocycles. The molecular weight excluding hydrogens is 251 g/mol. The summed E-state index contributed by atoms with van der Waals surface area (Å²) in [6.07, 6.45) is -3.81. The Morgan fingerprint density at radius 3 is 2.11 bits per heavy atom. The monoisotopic (exact) mass is 267 g/mol. The van der Waals surface area contributed by atoms with E-state index in [4.69, 9.17) is 4.74 Å². The maximum absolute atomic E-state index is 11.8. The van der Waals surface area contributed by atoms with Gasteiger partial charge in [-0.25, -0.2) is 4.79 Å². The third-order valence-electron chi connectivity index (χ3n) is 1.62. The number of carbonyl (C=O) groups is 2. The van der Waals surface area contributed by atoms with Gasteiger partial charge in [0.25, 0.3) is 5.78 Å². The van der Waals surface area contributed by atoms with E-state index in [1.54, 1.807) is 20.8 Å². The van der Waals surface area contributed by atoms with Crippen molar-refractivity contribution in [3.8, 4) is 0 Å². The van der Waals surface area contributed by atoms with Crippen molar-refractivity contribution < 1.29 is 27.5 Å². The lowest BCUT2D eigenvalue weighted by Gasteiger charge is -2.22. The van der Waals surface area contributed by atoms with Gasteiger partial charge in [0.2, 0.25) is 0 Å². The summed E-state index contributed by atoms with van der Waals surface area (Å²) < 4.78 is 40.5. The van der Waals surface area contributed by atoms with Crippen LogP contribution in [0.3, 0.4) is 0 Å². The van der Waals surface area contributed by atoms with Gasteiger partial charge in [0.05, 0.1) is 0 Å². The number of ketones is 1. The Labute approximate surface area is 103 Å². The molecule has 0 aliphatic heterocycles. The van der Waals surface area contributed by atoms with Gasteiger partial charge in [-0.1, -0.05) is 0 Å². The van der Waals surface area contributed by atoms with Crippen LogP contribution in [-0.4, -0.2) is 29.6 Å². The molecule has 7 heteroatoms. The molecule has 0 aliphatic rings. The van der Waals surface area contributed by atoms with Crippen molar-refractivity contribution in [2.75, 3.05) is 0 Å². The second-order valence-corrected chi connectivity index (χ2v) is 4.62. The first-order chi connectivity index (χ1) is 7.93. The summed E-state index contributed by atoms with van der Waals surface area (Å²) in [6, 6.07) is -0.846. The predicted octanol–water partition coefficient (Wildman–Crippen LogP) is 1.95. The van der Waals surface area contributed by atoms with Crippen molar-refractivity contribution in [1.29, 1.82) is 0 Å². The van der Waals surface area contributed by atoms with Crippen molar-refractivity contribution in [2.45, 2.75) is 45.5 Å². The number of carbonyl (C=O) groups excluding carboxylic acids is 2. The number of alkyl halides is 3. The van der Waals surface area contributed by atoms with Crippen molar-refractivity contribution >= 4 is 11.8 Å². The lowest BCUT2D eigenvalue weighted by Crippen LogP contribution is -2.37. The van der Waals surface area contributed by atoms with Crippen molar-refractivity contribution in [3.05, 3.63) is 12.3 Å². The van der Waals surface area contributed by atoms with E-state index in [9.17, 15) is 22.8 Å². The summed E-state index contributed by atoms with van der Waals surface area (Å²) in [5.41, 5.74) is -0.682. The fourth-order valence-corrected chi connectivity index (χ4v) is 0.821. The molecule has 1 N–H and O–H groups in total. The number of esters is 1. The number of allylic oxidation sites excluding steroid dienone is 1. The van der Waals surface area contributed by atoms with E-state index in [1.165, 1.54) is 6.92 Å². The van der Waals surface area contributed by atoms with Gasteiger partial charge in [-0.3, -0.25) is 4.79 Å².